The molecule has 0 atom stereocenters. The van der Waals surface area contributed by atoms with Gasteiger partial charge < -0.3 is 14.8 Å². The molecule has 1 fully saturated rings. The zero-order chi connectivity index (χ0) is 19.0. The molecule has 0 aromatic heterocycles. The number of carbonyl (C=O) groups excluding carboxylic acids is 5. The predicted octanol–water partition coefficient (Wildman–Crippen LogP) is 0.367. The lowest BCUT2D eigenvalue weighted by Crippen LogP contribution is -2.39. The molecule has 3 rings (SSSR count). The molecule has 0 radical (unpaired) electrons. The second-order valence-electron chi connectivity index (χ2n) is 5.58. The minimum absolute atomic E-state index is 0.00414. The number of amides is 5. The summed E-state index contributed by atoms with van der Waals surface area (Å²) >= 11 is 0. The standard InChI is InChI=1S/C16H15N3O7/c1-3-18-14(22)15(23)19(16(18)24)6-13(21)17-10-5-12-11(25-7-26-12)4-9(10)8(2)20/h4-5H,3,6-7H2,1-2H3,(H,17,21). The molecule has 0 spiro atoms. The van der Waals surface area contributed by atoms with E-state index in [0.717, 1.165) is 4.90 Å². The van der Waals surface area contributed by atoms with E-state index in [1.165, 1.54) is 19.1 Å². The van der Waals surface area contributed by atoms with Gasteiger partial charge in [-0.2, -0.15) is 0 Å². The molecule has 2 heterocycles. The van der Waals surface area contributed by atoms with Crippen LogP contribution in [0.1, 0.15) is 24.2 Å². The van der Waals surface area contributed by atoms with Crippen molar-refractivity contribution in [1.29, 1.82) is 0 Å². The van der Waals surface area contributed by atoms with Crippen molar-refractivity contribution in [3.8, 4) is 11.5 Å². The van der Waals surface area contributed by atoms with E-state index in [1.807, 2.05) is 0 Å². The third-order valence-corrected chi connectivity index (χ3v) is 3.92. The van der Waals surface area contributed by atoms with Crippen LogP contribution in [0.3, 0.4) is 0 Å². The van der Waals surface area contributed by atoms with Gasteiger partial charge in [0, 0.05) is 18.2 Å². The normalized spacial score (nSPS) is 15.7. The smallest absolute Gasteiger partial charge is 0.334 e. The lowest BCUT2D eigenvalue weighted by atomic mass is 10.1. The van der Waals surface area contributed by atoms with Crippen LogP contribution in [0, 0.1) is 0 Å². The quantitative estimate of drug-likeness (QED) is 0.456. The third kappa shape index (κ3) is 2.85. The summed E-state index contributed by atoms with van der Waals surface area (Å²) in [6.07, 6.45) is 0. The van der Waals surface area contributed by atoms with Crippen LogP contribution >= 0.6 is 0 Å². The summed E-state index contributed by atoms with van der Waals surface area (Å²) in [6.45, 7) is 2.23. The van der Waals surface area contributed by atoms with Gasteiger partial charge in [0.25, 0.3) is 0 Å². The van der Waals surface area contributed by atoms with Crippen molar-refractivity contribution in [2.45, 2.75) is 13.8 Å². The molecule has 136 valence electrons. The number of nitrogens with one attached hydrogen (secondary N) is 1. The molecule has 0 aliphatic carbocycles. The molecule has 0 saturated carbocycles. The van der Waals surface area contributed by atoms with Crippen molar-refractivity contribution < 1.29 is 33.4 Å². The number of urea groups is 1. The first-order chi connectivity index (χ1) is 12.3. The molecule has 0 unspecified atom stereocenters. The fraction of sp³-hybridized carbons (Fsp3) is 0.312. The zero-order valence-electron chi connectivity index (χ0n) is 14.0. The minimum atomic E-state index is -1.07. The average Bonchev–Trinajstić information content (AvgIpc) is 3.12. The summed E-state index contributed by atoms with van der Waals surface area (Å²) in [6, 6.07) is 2.01. The number of Topliss-reactive ketones (excluding diaryl/α,β-unsaturated/α-hetero) is 1. The molecular formula is C16H15N3O7. The van der Waals surface area contributed by atoms with Gasteiger partial charge in [0.2, 0.25) is 12.7 Å². The summed E-state index contributed by atoms with van der Waals surface area (Å²) in [5.41, 5.74) is 0.345. The lowest BCUT2D eigenvalue weighted by molar-refractivity contribution is -0.143. The number of fused-ring (bicyclic) bond motifs is 1. The molecule has 1 aromatic carbocycles. The number of ether oxygens (including phenoxy) is 2. The lowest BCUT2D eigenvalue weighted by Gasteiger charge is -2.15. The number of imide groups is 2. The molecular weight excluding hydrogens is 346 g/mol. The number of carbonyl (C=O) groups is 5. The summed E-state index contributed by atoms with van der Waals surface area (Å²) in [5.74, 6) is -2.37. The first-order valence-electron chi connectivity index (χ1n) is 7.75. The SMILES string of the molecule is CCN1C(=O)C(=O)N(CC(=O)Nc2cc3c(cc2C(C)=O)OCO3)C1=O. The van der Waals surface area contributed by atoms with Gasteiger partial charge in [-0.15, -0.1) is 0 Å². The molecule has 1 aromatic rings. The van der Waals surface area contributed by atoms with Crippen LogP contribution in [0.5, 0.6) is 11.5 Å². The number of rotatable bonds is 5. The largest absolute Gasteiger partial charge is 0.454 e. The van der Waals surface area contributed by atoms with Crippen molar-refractivity contribution in [1.82, 2.24) is 9.80 Å². The van der Waals surface area contributed by atoms with E-state index in [9.17, 15) is 24.0 Å². The van der Waals surface area contributed by atoms with Gasteiger partial charge in [0.1, 0.15) is 6.54 Å². The maximum absolute atomic E-state index is 12.3. The van der Waals surface area contributed by atoms with Crippen LogP contribution in [0.15, 0.2) is 12.1 Å². The van der Waals surface area contributed by atoms with E-state index in [0.29, 0.717) is 16.4 Å². The topological polar surface area (TPSA) is 122 Å². The molecule has 5 amide bonds. The maximum Gasteiger partial charge on any atom is 0.334 e. The molecule has 10 nitrogen and oxygen atoms in total. The zero-order valence-corrected chi connectivity index (χ0v) is 14.0. The number of hydrogen-bond acceptors (Lipinski definition) is 7. The Morgan fingerprint density at radius 3 is 2.27 bits per heavy atom. The van der Waals surface area contributed by atoms with Crippen LogP contribution in [-0.4, -0.2) is 59.2 Å². The molecule has 10 heteroatoms. The number of nitrogens with zero attached hydrogens (tertiary/aromatic N) is 2. The van der Waals surface area contributed by atoms with Gasteiger partial charge in [-0.1, -0.05) is 0 Å². The number of hydrogen-bond donors (Lipinski definition) is 1. The number of ketones is 1. The highest BCUT2D eigenvalue weighted by Gasteiger charge is 2.44. The van der Waals surface area contributed by atoms with Gasteiger partial charge in [-0.3, -0.25) is 24.1 Å². The Hall–Kier alpha value is -3.43. The van der Waals surface area contributed by atoms with E-state index < -0.39 is 30.3 Å². The Bertz CT molecular complexity index is 848. The Kier molecular flexibility index (Phi) is 4.33. The number of anilines is 1. The molecule has 1 saturated heterocycles. The first kappa shape index (κ1) is 17.4. The Labute approximate surface area is 147 Å². The monoisotopic (exact) mass is 361 g/mol. The third-order valence-electron chi connectivity index (χ3n) is 3.92. The van der Waals surface area contributed by atoms with Crippen LogP contribution in [0.25, 0.3) is 0 Å². The van der Waals surface area contributed by atoms with Gasteiger partial charge in [0.05, 0.1) is 5.69 Å². The van der Waals surface area contributed by atoms with Crippen LogP contribution in [0.4, 0.5) is 10.5 Å². The van der Waals surface area contributed by atoms with Gasteiger partial charge >= 0.3 is 17.8 Å². The van der Waals surface area contributed by atoms with Crippen LogP contribution in [0.2, 0.25) is 0 Å². The van der Waals surface area contributed by atoms with Crippen molar-refractivity contribution in [2.75, 3.05) is 25.2 Å². The fourth-order valence-corrected chi connectivity index (χ4v) is 2.64. The highest BCUT2D eigenvalue weighted by molar-refractivity contribution is 6.45. The number of likely N-dealkylation sites (N-methyl/N-ethyl adjacent to an activating group) is 1. The van der Waals surface area contributed by atoms with Crippen LogP contribution in [-0.2, 0) is 14.4 Å². The highest BCUT2D eigenvalue weighted by atomic mass is 16.7. The summed E-state index contributed by atoms with van der Waals surface area (Å²) < 4.78 is 10.4. The predicted molar refractivity (Wildman–Crippen MR) is 85.7 cm³/mol. The van der Waals surface area contributed by atoms with Gasteiger partial charge in [-0.25, -0.2) is 9.69 Å². The van der Waals surface area contributed by atoms with E-state index in [-0.39, 0.29) is 30.4 Å². The highest BCUT2D eigenvalue weighted by Crippen LogP contribution is 2.37. The van der Waals surface area contributed by atoms with Crippen molar-refractivity contribution in [3.63, 3.8) is 0 Å². The van der Waals surface area contributed by atoms with Crippen molar-refractivity contribution in [3.05, 3.63) is 17.7 Å². The molecule has 2 aliphatic rings. The Balaban J connectivity index is 1.79. The number of benzene rings is 1. The molecule has 1 N–H and O–H groups in total. The summed E-state index contributed by atoms with van der Waals surface area (Å²) in [4.78, 5) is 60.9. The van der Waals surface area contributed by atoms with E-state index in [1.54, 1.807) is 6.92 Å². The Morgan fingerprint density at radius 2 is 1.69 bits per heavy atom. The van der Waals surface area contributed by atoms with Crippen LogP contribution < -0.4 is 14.8 Å². The fourth-order valence-electron chi connectivity index (χ4n) is 2.64. The molecule has 0 bridgehead atoms. The van der Waals surface area contributed by atoms with Gasteiger partial charge in [0.15, 0.2) is 17.3 Å². The second-order valence-corrected chi connectivity index (χ2v) is 5.58. The summed E-state index contributed by atoms with van der Waals surface area (Å²) in [5, 5.41) is 2.47. The van der Waals surface area contributed by atoms with E-state index in [2.05, 4.69) is 5.32 Å². The average molecular weight is 361 g/mol. The second kappa shape index (κ2) is 6.47. The maximum atomic E-state index is 12.3. The molecule has 26 heavy (non-hydrogen) atoms. The van der Waals surface area contributed by atoms with Crippen molar-refractivity contribution in [2.24, 2.45) is 0 Å². The van der Waals surface area contributed by atoms with Crippen molar-refractivity contribution >= 4 is 35.2 Å². The summed E-state index contributed by atoms with van der Waals surface area (Å²) in [7, 11) is 0. The first-order valence-corrected chi connectivity index (χ1v) is 7.75. The van der Waals surface area contributed by atoms with E-state index >= 15 is 0 Å². The Morgan fingerprint density at radius 1 is 1.08 bits per heavy atom. The van der Waals surface area contributed by atoms with E-state index in [4.69, 9.17) is 9.47 Å². The molecule has 2 aliphatic heterocycles. The minimum Gasteiger partial charge on any atom is -0.454 e. The van der Waals surface area contributed by atoms with Gasteiger partial charge in [-0.05, 0) is 19.9 Å².